The number of nitrogens with one attached hydrogen (secondary N) is 1. The van der Waals surface area contributed by atoms with E-state index in [2.05, 4.69) is 5.32 Å². The summed E-state index contributed by atoms with van der Waals surface area (Å²) in [5.41, 5.74) is -0.654. The Labute approximate surface area is 218 Å². The lowest BCUT2D eigenvalue weighted by molar-refractivity contribution is -0.153. The van der Waals surface area contributed by atoms with Gasteiger partial charge in [0.05, 0.1) is 26.2 Å². The third-order valence-electron chi connectivity index (χ3n) is 5.27. The van der Waals surface area contributed by atoms with Gasteiger partial charge in [-0.05, 0) is 45.7 Å². The first kappa shape index (κ1) is 30.0. The highest BCUT2D eigenvalue weighted by Gasteiger charge is 2.27. The molecule has 2 amide bonds. The molecule has 0 bridgehead atoms. The molecule has 1 saturated heterocycles. The number of benzene rings is 1. The molecule has 0 saturated carbocycles. The summed E-state index contributed by atoms with van der Waals surface area (Å²) < 4.78 is 32.5. The molecule has 1 fully saturated rings. The van der Waals surface area contributed by atoms with Gasteiger partial charge in [0, 0.05) is 12.6 Å². The minimum absolute atomic E-state index is 0.0457. The van der Waals surface area contributed by atoms with Crippen LogP contribution in [0, 0.1) is 5.92 Å². The second-order valence-electron chi connectivity index (χ2n) is 9.87. The van der Waals surface area contributed by atoms with Crippen molar-refractivity contribution in [2.45, 2.75) is 65.7 Å². The van der Waals surface area contributed by atoms with Crippen molar-refractivity contribution in [3.05, 3.63) is 24.3 Å². The van der Waals surface area contributed by atoms with Gasteiger partial charge < -0.3 is 38.6 Å². The largest absolute Gasteiger partial charge is 0.490 e. The Kier molecular flexibility index (Phi) is 11.8. The van der Waals surface area contributed by atoms with Gasteiger partial charge in [0.15, 0.2) is 11.5 Å². The Bertz CT molecular complexity index is 885. The number of carbonyl (C=O) groups excluding carboxylic acids is 3. The van der Waals surface area contributed by atoms with Crippen molar-refractivity contribution in [3.63, 3.8) is 0 Å². The number of hydrogen-bond acceptors (Lipinski definition) is 9. The van der Waals surface area contributed by atoms with Gasteiger partial charge in [-0.25, -0.2) is 9.59 Å². The van der Waals surface area contributed by atoms with Crippen LogP contribution >= 0.6 is 0 Å². The predicted octanol–water partition coefficient (Wildman–Crippen LogP) is 3.74. The maximum Gasteiger partial charge on any atom is 0.412 e. The minimum Gasteiger partial charge on any atom is -0.490 e. The van der Waals surface area contributed by atoms with Crippen LogP contribution in [0.15, 0.2) is 24.3 Å². The number of carbonyl (C=O) groups is 3. The van der Waals surface area contributed by atoms with Gasteiger partial charge in [0.25, 0.3) is 0 Å². The van der Waals surface area contributed by atoms with Crippen LogP contribution in [0.1, 0.15) is 48.0 Å². The second-order valence-corrected chi connectivity index (χ2v) is 9.87. The molecular formula is C26H40N2O9. The van der Waals surface area contributed by atoms with Gasteiger partial charge in [0.2, 0.25) is 6.79 Å². The van der Waals surface area contributed by atoms with Crippen molar-refractivity contribution in [2.75, 3.05) is 39.7 Å². The van der Waals surface area contributed by atoms with E-state index in [4.69, 9.17) is 28.4 Å². The van der Waals surface area contributed by atoms with Gasteiger partial charge in [-0.2, -0.15) is 0 Å². The molecule has 1 unspecified atom stereocenters. The first-order valence-electron chi connectivity index (χ1n) is 12.5. The average Bonchev–Trinajstić information content (AvgIpc) is 2.82. The second kappa shape index (κ2) is 14.5. The molecule has 1 heterocycles. The highest BCUT2D eigenvalue weighted by Crippen LogP contribution is 2.26. The molecule has 0 aliphatic carbocycles. The van der Waals surface area contributed by atoms with Crippen LogP contribution in [0.5, 0.6) is 11.5 Å². The summed E-state index contributed by atoms with van der Waals surface area (Å²) in [5.74, 6) is 0.583. The lowest BCUT2D eigenvalue weighted by Gasteiger charge is -2.32. The Hall–Kier alpha value is -3.21. The summed E-state index contributed by atoms with van der Waals surface area (Å²) >= 11 is 0. The van der Waals surface area contributed by atoms with E-state index in [1.54, 1.807) is 26.8 Å². The van der Waals surface area contributed by atoms with Crippen LogP contribution in [-0.2, 0) is 23.7 Å². The molecule has 1 aliphatic rings. The fourth-order valence-corrected chi connectivity index (χ4v) is 3.40. The van der Waals surface area contributed by atoms with Crippen molar-refractivity contribution >= 4 is 18.2 Å². The van der Waals surface area contributed by atoms with Gasteiger partial charge in [0.1, 0.15) is 18.3 Å². The van der Waals surface area contributed by atoms with Crippen LogP contribution in [0.4, 0.5) is 9.59 Å². The highest BCUT2D eigenvalue weighted by molar-refractivity contribution is 5.73. The summed E-state index contributed by atoms with van der Waals surface area (Å²) in [4.78, 5) is 38.3. The highest BCUT2D eigenvalue weighted by atomic mass is 16.7. The molecule has 37 heavy (non-hydrogen) atoms. The zero-order valence-electron chi connectivity index (χ0n) is 22.6. The molecule has 0 spiro atoms. The summed E-state index contributed by atoms with van der Waals surface area (Å²) in [6, 6.07) is 6.84. The Morgan fingerprint density at radius 1 is 1.11 bits per heavy atom. The van der Waals surface area contributed by atoms with Gasteiger partial charge in [-0.15, -0.1) is 0 Å². The number of alkyl carbamates (subject to hydrolysis) is 1. The SMILES string of the molecule is CCOc1ccccc1OCC1CN(C(=O)OCOC(=O)C[C@@H](NC(=O)OC(C)(C)C)C(C)C)CCO1. The number of amides is 2. The van der Waals surface area contributed by atoms with E-state index in [0.717, 1.165) is 0 Å². The van der Waals surface area contributed by atoms with E-state index in [9.17, 15) is 14.4 Å². The number of ether oxygens (including phenoxy) is 6. The fourth-order valence-electron chi connectivity index (χ4n) is 3.40. The minimum atomic E-state index is -0.654. The summed E-state index contributed by atoms with van der Waals surface area (Å²) in [6.07, 6.45) is -1.68. The molecule has 1 aliphatic heterocycles. The lowest BCUT2D eigenvalue weighted by atomic mass is 10.0. The van der Waals surface area contributed by atoms with Crippen LogP contribution in [0.3, 0.4) is 0 Å². The van der Waals surface area contributed by atoms with Crippen molar-refractivity contribution < 1.29 is 42.8 Å². The van der Waals surface area contributed by atoms with Crippen molar-refractivity contribution in [1.29, 1.82) is 0 Å². The zero-order valence-corrected chi connectivity index (χ0v) is 22.6. The first-order chi connectivity index (χ1) is 17.5. The van der Waals surface area contributed by atoms with Gasteiger partial charge >= 0.3 is 18.2 Å². The standard InChI is InChI=1S/C26H40N2O9/c1-7-32-21-10-8-9-11-22(21)34-16-19-15-28(12-13-33-19)25(31)36-17-35-23(29)14-20(18(2)3)27-24(30)37-26(4,5)6/h8-11,18-20H,7,12-17H2,1-6H3,(H,27,30)/t19?,20-/m1/s1. The van der Waals surface area contributed by atoms with Crippen LogP contribution in [0.25, 0.3) is 0 Å². The molecule has 0 aromatic heterocycles. The fraction of sp³-hybridized carbons (Fsp3) is 0.654. The van der Waals surface area contributed by atoms with E-state index in [-0.39, 0.29) is 31.6 Å². The quantitative estimate of drug-likeness (QED) is 0.341. The maximum atomic E-state index is 12.5. The van der Waals surface area contributed by atoms with Gasteiger partial charge in [-0.3, -0.25) is 4.79 Å². The summed E-state index contributed by atoms with van der Waals surface area (Å²) in [5, 5.41) is 2.68. The van der Waals surface area contributed by atoms with Gasteiger partial charge in [-0.1, -0.05) is 26.0 Å². The molecule has 11 nitrogen and oxygen atoms in total. The third-order valence-corrected chi connectivity index (χ3v) is 5.27. The number of hydrogen-bond donors (Lipinski definition) is 1. The molecular weight excluding hydrogens is 484 g/mol. The third kappa shape index (κ3) is 11.2. The molecule has 208 valence electrons. The van der Waals surface area contributed by atoms with Crippen molar-refractivity contribution in [1.82, 2.24) is 10.2 Å². The number of morpholine rings is 1. The predicted molar refractivity (Wildman–Crippen MR) is 134 cm³/mol. The van der Waals surface area contributed by atoms with E-state index in [1.165, 1.54) is 4.90 Å². The Morgan fingerprint density at radius 3 is 2.41 bits per heavy atom. The van der Waals surface area contributed by atoms with Crippen LogP contribution in [0.2, 0.25) is 0 Å². The Balaban J connectivity index is 1.75. The van der Waals surface area contributed by atoms with Crippen LogP contribution < -0.4 is 14.8 Å². The van der Waals surface area contributed by atoms with Crippen molar-refractivity contribution in [3.8, 4) is 11.5 Å². The van der Waals surface area contributed by atoms with E-state index < -0.39 is 36.6 Å². The normalized spacial score (nSPS) is 16.5. The lowest BCUT2D eigenvalue weighted by Crippen LogP contribution is -2.48. The smallest absolute Gasteiger partial charge is 0.412 e. The molecule has 0 radical (unpaired) electrons. The van der Waals surface area contributed by atoms with E-state index in [0.29, 0.717) is 31.3 Å². The molecule has 11 heteroatoms. The summed E-state index contributed by atoms with van der Waals surface area (Å²) in [7, 11) is 0. The average molecular weight is 525 g/mol. The zero-order chi connectivity index (χ0) is 27.4. The molecule has 1 N–H and O–H groups in total. The maximum absolute atomic E-state index is 12.5. The molecule has 2 rings (SSSR count). The number of nitrogens with zero attached hydrogens (tertiary/aromatic N) is 1. The molecule has 1 aromatic carbocycles. The number of esters is 1. The first-order valence-corrected chi connectivity index (χ1v) is 12.5. The molecule has 1 aromatic rings. The van der Waals surface area contributed by atoms with E-state index >= 15 is 0 Å². The topological polar surface area (TPSA) is 122 Å². The summed E-state index contributed by atoms with van der Waals surface area (Å²) in [6.45, 7) is 12.0. The monoisotopic (exact) mass is 524 g/mol. The van der Waals surface area contributed by atoms with E-state index in [1.807, 2.05) is 39.0 Å². The number of rotatable bonds is 11. The van der Waals surface area contributed by atoms with Crippen molar-refractivity contribution in [2.24, 2.45) is 5.92 Å². The Morgan fingerprint density at radius 2 is 1.78 bits per heavy atom. The van der Waals surface area contributed by atoms with Crippen LogP contribution in [-0.4, -0.2) is 80.5 Å². The molecule has 2 atom stereocenters. The number of para-hydroxylation sites is 2.